The summed E-state index contributed by atoms with van der Waals surface area (Å²) in [6.07, 6.45) is 2.51. The van der Waals surface area contributed by atoms with Gasteiger partial charge >= 0.3 is 0 Å². The predicted molar refractivity (Wildman–Crippen MR) is 103 cm³/mol. The van der Waals surface area contributed by atoms with Gasteiger partial charge in [-0.05, 0) is 37.7 Å². The molecule has 0 bridgehead atoms. The number of nitrogens with zero attached hydrogens (tertiary/aromatic N) is 4. The average molecular weight is 373 g/mol. The van der Waals surface area contributed by atoms with Crippen LogP contribution in [0.15, 0.2) is 36.5 Å². The number of benzene rings is 1. The summed E-state index contributed by atoms with van der Waals surface area (Å²) in [6, 6.07) is 9.78. The second kappa shape index (κ2) is 8.29. The number of hydrogen-bond acceptors (Lipinski definition) is 4. The quantitative estimate of drug-likeness (QED) is 0.637. The van der Waals surface area contributed by atoms with Crippen molar-refractivity contribution in [3.63, 3.8) is 0 Å². The number of aromatic nitrogens is 2. The van der Waals surface area contributed by atoms with Gasteiger partial charge in [-0.1, -0.05) is 18.2 Å². The molecule has 0 saturated carbocycles. The molecule has 2 heterocycles. The minimum absolute atomic E-state index is 0.0851. The molecule has 1 aromatic carbocycles. The highest BCUT2D eigenvalue weighted by atomic mass is 32.1. The molecule has 26 heavy (non-hydrogen) atoms. The monoisotopic (exact) mass is 373 g/mol. The molecule has 8 heteroatoms. The van der Waals surface area contributed by atoms with Crippen LogP contribution in [0.2, 0.25) is 0 Å². The third-order valence-electron chi connectivity index (χ3n) is 4.32. The lowest BCUT2D eigenvalue weighted by molar-refractivity contribution is 0.0490. The second-order valence-corrected chi connectivity index (χ2v) is 6.41. The number of nitrogens with one attached hydrogen (secondary N) is 1. The van der Waals surface area contributed by atoms with Crippen LogP contribution in [0.5, 0.6) is 0 Å². The smallest absolute Gasteiger partial charge is 0.275 e. The van der Waals surface area contributed by atoms with Crippen molar-refractivity contribution in [2.24, 2.45) is 0 Å². The first kappa shape index (κ1) is 18.3. The van der Waals surface area contributed by atoms with Crippen LogP contribution in [0.4, 0.5) is 0 Å². The minimum Gasteiger partial charge on any atom is -0.383 e. The van der Waals surface area contributed by atoms with Crippen LogP contribution in [0, 0.1) is 6.92 Å². The molecule has 1 fully saturated rings. The van der Waals surface area contributed by atoms with Crippen LogP contribution in [-0.4, -0.2) is 64.2 Å². The van der Waals surface area contributed by atoms with Crippen LogP contribution in [-0.2, 0) is 4.74 Å². The molecular formula is C18H23N5O2S. The van der Waals surface area contributed by atoms with Crippen molar-refractivity contribution >= 4 is 23.2 Å². The van der Waals surface area contributed by atoms with Gasteiger partial charge in [0.15, 0.2) is 5.11 Å². The Labute approximate surface area is 158 Å². The highest BCUT2D eigenvalue weighted by molar-refractivity contribution is 7.80. The molecule has 1 N–H and O–H groups in total. The van der Waals surface area contributed by atoms with E-state index in [2.05, 4.69) is 10.4 Å². The molecule has 2 aromatic rings. The first-order valence-corrected chi connectivity index (χ1v) is 9.00. The van der Waals surface area contributed by atoms with Gasteiger partial charge in [0.05, 0.1) is 29.7 Å². The first-order chi connectivity index (χ1) is 12.6. The van der Waals surface area contributed by atoms with Crippen molar-refractivity contribution in [3.8, 4) is 5.69 Å². The van der Waals surface area contributed by atoms with E-state index in [4.69, 9.17) is 17.0 Å². The minimum atomic E-state index is -0.0851. The van der Waals surface area contributed by atoms with Crippen LogP contribution in [0.1, 0.15) is 22.5 Å². The molecule has 1 aromatic heterocycles. The summed E-state index contributed by atoms with van der Waals surface area (Å²) in [7, 11) is 1.64. The largest absolute Gasteiger partial charge is 0.383 e. The summed E-state index contributed by atoms with van der Waals surface area (Å²) in [4.78, 5) is 13.1. The molecule has 0 spiro atoms. The Morgan fingerprint density at radius 3 is 2.73 bits per heavy atom. The number of para-hydroxylation sites is 1. The number of carbonyl (C=O) groups is 1. The van der Waals surface area contributed by atoms with Gasteiger partial charge in [-0.15, -0.1) is 0 Å². The van der Waals surface area contributed by atoms with E-state index in [1.165, 1.54) is 0 Å². The topological polar surface area (TPSA) is 62.6 Å². The lowest BCUT2D eigenvalue weighted by Crippen LogP contribution is -2.49. The number of methoxy groups -OCH3 is 1. The van der Waals surface area contributed by atoms with Crippen molar-refractivity contribution in [2.45, 2.75) is 13.3 Å². The van der Waals surface area contributed by atoms with E-state index in [0.717, 1.165) is 24.3 Å². The van der Waals surface area contributed by atoms with Gasteiger partial charge in [-0.3, -0.25) is 9.80 Å². The molecule has 1 amide bonds. The number of rotatable bonds is 5. The summed E-state index contributed by atoms with van der Waals surface area (Å²) < 4.78 is 6.81. The molecule has 1 aliphatic heterocycles. The maximum Gasteiger partial charge on any atom is 0.275 e. The number of amides is 1. The van der Waals surface area contributed by atoms with Gasteiger partial charge in [0.25, 0.3) is 5.91 Å². The van der Waals surface area contributed by atoms with E-state index in [1.54, 1.807) is 23.0 Å². The summed E-state index contributed by atoms with van der Waals surface area (Å²) in [5.74, 6) is -0.0851. The molecule has 1 aliphatic rings. The van der Waals surface area contributed by atoms with Crippen molar-refractivity contribution in [1.29, 1.82) is 0 Å². The first-order valence-electron chi connectivity index (χ1n) is 8.59. The highest BCUT2D eigenvalue weighted by Crippen LogP contribution is 2.19. The molecule has 3 rings (SSSR count). The van der Waals surface area contributed by atoms with Gasteiger partial charge < -0.3 is 10.1 Å². The van der Waals surface area contributed by atoms with E-state index < -0.39 is 0 Å². The van der Waals surface area contributed by atoms with Gasteiger partial charge in [0, 0.05) is 26.7 Å². The van der Waals surface area contributed by atoms with E-state index >= 15 is 0 Å². The van der Waals surface area contributed by atoms with Crippen molar-refractivity contribution in [2.75, 3.05) is 33.4 Å². The lowest BCUT2D eigenvalue weighted by Gasteiger charge is -2.30. The Morgan fingerprint density at radius 1 is 1.27 bits per heavy atom. The van der Waals surface area contributed by atoms with Gasteiger partial charge in [-0.2, -0.15) is 5.10 Å². The molecule has 1 saturated heterocycles. The lowest BCUT2D eigenvalue weighted by atomic mass is 10.2. The molecule has 0 aliphatic carbocycles. The number of hydrogen-bond donors (Lipinski definition) is 1. The Hall–Kier alpha value is -2.45. The fourth-order valence-electron chi connectivity index (χ4n) is 2.97. The maximum atomic E-state index is 13.1. The Morgan fingerprint density at radius 2 is 2.00 bits per heavy atom. The summed E-state index contributed by atoms with van der Waals surface area (Å²) in [5, 5.41) is 11.6. The zero-order chi connectivity index (χ0) is 18.5. The third kappa shape index (κ3) is 3.71. The number of ether oxygens (including phenoxy) is 1. The predicted octanol–water partition coefficient (Wildman–Crippen LogP) is 1.76. The normalized spacial score (nSPS) is 13.9. The molecule has 0 unspecified atom stereocenters. The van der Waals surface area contributed by atoms with Crippen LogP contribution in [0.3, 0.4) is 0 Å². The third-order valence-corrected chi connectivity index (χ3v) is 4.68. The maximum absolute atomic E-state index is 13.1. The van der Waals surface area contributed by atoms with Crippen LogP contribution in [0.25, 0.3) is 5.69 Å². The van der Waals surface area contributed by atoms with Gasteiger partial charge in [0.2, 0.25) is 0 Å². The van der Waals surface area contributed by atoms with Crippen molar-refractivity contribution < 1.29 is 9.53 Å². The van der Waals surface area contributed by atoms with Gasteiger partial charge in [0.1, 0.15) is 0 Å². The SMILES string of the molecule is COCCNC(=S)N1CCCN1C(=O)c1cnn(-c2ccccc2)c1C. The number of carbonyl (C=O) groups excluding carboxylic acids is 1. The van der Waals surface area contributed by atoms with Crippen molar-refractivity contribution in [1.82, 2.24) is 25.1 Å². The highest BCUT2D eigenvalue weighted by Gasteiger charge is 2.31. The van der Waals surface area contributed by atoms with Crippen LogP contribution < -0.4 is 5.32 Å². The fourth-order valence-corrected chi connectivity index (χ4v) is 3.27. The molecule has 7 nitrogen and oxygen atoms in total. The molecular weight excluding hydrogens is 350 g/mol. The Bertz CT molecular complexity index is 777. The number of thiocarbonyl (C=S) groups is 1. The zero-order valence-electron chi connectivity index (χ0n) is 15.0. The Kier molecular flexibility index (Phi) is 5.85. The molecule has 0 radical (unpaired) electrons. The summed E-state index contributed by atoms with van der Waals surface area (Å²) in [5.41, 5.74) is 2.32. The Balaban J connectivity index is 1.76. The van der Waals surface area contributed by atoms with Crippen molar-refractivity contribution in [3.05, 3.63) is 47.8 Å². The fraction of sp³-hybridized carbons (Fsp3) is 0.389. The second-order valence-electron chi connectivity index (χ2n) is 6.02. The van der Waals surface area contributed by atoms with E-state index in [-0.39, 0.29) is 5.91 Å². The summed E-state index contributed by atoms with van der Waals surface area (Å²) in [6.45, 7) is 4.43. The molecule has 0 atom stereocenters. The standard InChI is InChI=1S/C18H23N5O2S/c1-14-16(13-20-23(14)15-7-4-3-5-8-15)17(24)21-10-6-11-22(21)18(26)19-9-12-25-2/h3-5,7-8,13H,6,9-12H2,1-2H3,(H,19,26). The van der Waals surface area contributed by atoms with E-state index in [1.807, 2.05) is 42.3 Å². The van der Waals surface area contributed by atoms with Crippen LogP contribution >= 0.6 is 12.2 Å². The summed E-state index contributed by atoms with van der Waals surface area (Å²) >= 11 is 5.43. The van der Waals surface area contributed by atoms with E-state index in [0.29, 0.717) is 30.4 Å². The number of hydrazine groups is 1. The van der Waals surface area contributed by atoms with Gasteiger partial charge in [-0.25, -0.2) is 9.69 Å². The van der Waals surface area contributed by atoms with E-state index in [9.17, 15) is 4.79 Å². The average Bonchev–Trinajstić information content (AvgIpc) is 3.29. The molecule has 138 valence electrons. The zero-order valence-corrected chi connectivity index (χ0v) is 15.8.